The van der Waals surface area contributed by atoms with Gasteiger partial charge in [0.15, 0.2) is 0 Å². The van der Waals surface area contributed by atoms with Crippen molar-refractivity contribution >= 4 is 34.0 Å². The molecule has 6 nitrogen and oxygen atoms in total. The Hall–Kier alpha value is -3.07. The van der Waals surface area contributed by atoms with Gasteiger partial charge in [-0.05, 0) is 81.3 Å². The number of methoxy groups -OCH3 is 1. The van der Waals surface area contributed by atoms with E-state index in [1.54, 1.807) is 37.4 Å². The first-order valence-corrected chi connectivity index (χ1v) is 15.2. The molecular weight excluding hydrogens is 568 g/mol. The highest BCUT2D eigenvalue weighted by Crippen LogP contribution is 2.33. The number of hydrogen-bond acceptors (Lipinski definition) is 6. The molecule has 1 aliphatic rings. The third kappa shape index (κ3) is 8.49. The average molecular weight is 607 g/mol. The van der Waals surface area contributed by atoms with Crippen molar-refractivity contribution in [2.75, 3.05) is 57.6 Å². The maximum atomic E-state index is 13.6. The van der Waals surface area contributed by atoms with E-state index in [2.05, 4.69) is 34.4 Å². The molecule has 0 bridgehead atoms. The lowest BCUT2D eigenvalue weighted by Crippen LogP contribution is -2.39. The Bertz CT molecular complexity index is 1380. The fraction of sp³-hybridized carbons (Fsp3) is 0.484. The van der Waals surface area contributed by atoms with E-state index in [9.17, 15) is 17.6 Å². The summed E-state index contributed by atoms with van der Waals surface area (Å²) in [7, 11) is 3.83. The van der Waals surface area contributed by atoms with Crippen LogP contribution in [0.3, 0.4) is 0 Å². The lowest BCUT2D eigenvalue weighted by atomic mass is 9.90. The van der Waals surface area contributed by atoms with Gasteiger partial charge in [0.05, 0.1) is 30.0 Å². The second kappa shape index (κ2) is 14.9. The number of anilines is 2. The number of hydrogen-bond donors (Lipinski definition) is 2. The fourth-order valence-corrected chi connectivity index (χ4v) is 5.82. The predicted octanol–water partition coefficient (Wildman–Crippen LogP) is 7.00. The van der Waals surface area contributed by atoms with Gasteiger partial charge in [0.25, 0.3) is 0 Å². The quantitative estimate of drug-likeness (QED) is 0.132. The van der Waals surface area contributed by atoms with E-state index in [0.29, 0.717) is 35.0 Å². The minimum atomic E-state index is -4.41. The van der Waals surface area contributed by atoms with Crippen molar-refractivity contribution in [3.05, 3.63) is 48.2 Å². The van der Waals surface area contributed by atoms with E-state index < -0.39 is 19.6 Å². The zero-order valence-corrected chi connectivity index (χ0v) is 25.0. The van der Waals surface area contributed by atoms with Crippen LogP contribution in [-0.2, 0) is 11.3 Å². The van der Waals surface area contributed by atoms with Crippen molar-refractivity contribution < 1.29 is 27.0 Å². The molecule has 11 heteroatoms. The van der Waals surface area contributed by atoms with Crippen LogP contribution < -0.4 is 15.4 Å². The van der Waals surface area contributed by atoms with Gasteiger partial charge in [0.2, 0.25) is 6.86 Å². The number of ether oxygens (including phenoxy) is 2. The Morgan fingerprint density at radius 2 is 1.88 bits per heavy atom. The molecule has 1 heterocycles. The number of likely N-dealkylation sites (N-methyl/N-ethyl adjacent to an activating group) is 1. The molecule has 0 saturated heterocycles. The normalized spacial score (nSPS) is 17.2. The molecule has 1 fully saturated rings. The number of thioether (sulfide) groups is 1. The molecule has 0 spiro atoms. The summed E-state index contributed by atoms with van der Waals surface area (Å²) in [4.78, 5) is 3.25. The molecule has 1 aromatic heterocycles. The minimum Gasteiger partial charge on any atom is -0.461 e. The van der Waals surface area contributed by atoms with Crippen LogP contribution >= 0.6 is 11.8 Å². The molecule has 0 radical (unpaired) electrons. The van der Waals surface area contributed by atoms with Gasteiger partial charge < -0.3 is 29.6 Å². The largest absolute Gasteiger partial charge is 0.461 e. The van der Waals surface area contributed by atoms with Crippen molar-refractivity contribution in [1.29, 1.82) is 0 Å². The molecule has 0 atom stereocenters. The molecule has 2 aromatic carbocycles. The van der Waals surface area contributed by atoms with Gasteiger partial charge in [0, 0.05) is 41.7 Å². The van der Waals surface area contributed by atoms with E-state index in [1.807, 2.05) is 18.4 Å². The molecule has 228 valence electrons. The number of fused-ring (bicyclic) bond motifs is 1. The van der Waals surface area contributed by atoms with Crippen LogP contribution in [0.15, 0.2) is 47.4 Å². The number of nitrogens with one attached hydrogen (secondary N) is 2. The van der Waals surface area contributed by atoms with Crippen molar-refractivity contribution in [2.24, 2.45) is 0 Å². The molecular formula is C31H38F4N4O2S. The van der Waals surface area contributed by atoms with Gasteiger partial charge in [0.1, 0.15) is 12.3 Å². The molecule has 1 aliphatic carbocycles. The lowest BCUT2D eigenvalue weighted by Gasteiger charge is -2.35. The van der Waals surface area contributed by atoms with Crippen molar-refractivity contribution in [3.8, 4) is 17.6 Å². The average Bonchev–Trinajstić information content (AvgIpc) is 3.31. The fourth-order valence-electron chi connectivity index (χ4n) is 5.39. The zero-order chi connectivity index (χ0) is 30.1. The summed E-state index contributed by atoms with van der Waals surface area (Å²) in [5, 5.41) is 7.39. The Labute approximate surface area is 249 Å². The topological polar surface area (TPSA) is 50.7 Å². The number of benzene rings is 2. The highest BCUT2D eigenvalue weighted by atomic mass is 32.2. The highest BCUT2D eigenvalue weighted by molar-refractivity contribution is 7.98. The summed E-state index contributed by atoms with van der Waals surface area (Å²) >= 11 is 1.50. The van der Waals surface area contributed by atoms with Crippen LogP contribution in [0.1, 0.15) is 31.4 Å². The molecule has 0 unspecified atom stereocenters. The Kier molecular flexibility index (Phi) is 11.3. The first-order chi connectivity index (χ1) is 20.2. The van der Waals surface area contributed by atoms with Crippen LogP contribution in [0.4, 0.5) is 28.9 Å². The molecule has 0 amide bonds. The second-order valence-electron chi connectivity index (χ2n) is 10.4. The Morgan fingerprint density at radius 1 is 1.10 bits per heavy atom. The summed E-state index contributed by atoms with van der Waals surface area (Å²) < 4.78 is 65.2. The van der Waals surface area contributed by atoms with Gasteiger partial charge in [-0.1, -0.05) is 12.0 Å². The lowest BCUT2D eigenvalue weighted by molar-refractivity contribution is -0.140. The number of aromatic nitrogens is 1. The highest BCUT2D eigenvalue weighted by Gasteiger charge is 2.30. The molecule has 4 rings (SSSR count). The maximum Gasteiger partial charge on any atom is 0.406 e. The van der Waals surface area contributed by atoms with E-state index in [4.69, 9.17) is 9.47 Å². The van der Waals surface area contributed by atoms with Crippen LogP contribution in [-0.4, -0.2) is 74.7 Å². The Balaban J connectivity index is 1.51. The second-order valence-corrected chi connectivity index (χ2v) is 11.2. The van der Waals surface area contributed by atoms with Crippen molar-refractivity contribution in [1.82, 2.24) is 9.47 Å². The summed E-state index contributed by atoms with van der Waals surface area (Å²) in [5.74, 6) is 6.20. The van der Waals surface area contributed by atoms with Gasteiger partial charge in [-0.15, -0.1) is 11.8 Å². The minimum absolute atomic E-state index is 0.141. The van der Waals surface area contributed by atoms with Gasteiger partial charge in [-0.3, -0.25) is 0 Å². The van der Waals surface area contributed by atoms with Crippen molar-refractivity contribution in [2.45, 2.75) is 55.4 Å². The first kappa shape index (κ1) is 31.9. The smallest absolute Gasteiger partial charge is 0.406 e. The summed E-state index contributed by atoms with van der Waals surface area (Å²) in [6.07, 6.45) is 1.55. The van der Waals surface area contributed by atoms with E-state index >= 15 is 0 Å². The van der Waals surface area contributed by atoms with Gasteiger partial charge in [-0.2, -0.15) is 13.2 Å². The first-order valence-electron chi connectivity index (χ1n) is 14.0. The SMILES string of the molecule is COCCN(C)C1CCC(Nc2cccc3c2cc(C#CCNc2ccc(SC)cc2OCF)n3CC(F)(F)F)CC1. The molecule has 42 heavy (non-hydrogen) atoms. The van der Waals surface area contributed by atoms with E-state index in [1.165, 1.54) is 16.3 Å². The number of nitrogens with zero attached hydrogens (tertiary/aromatic N) is 2. The van der Waals surface area contributed by atoms with Crippen molar-refractivity contribution in [3.63, 3.8) is 0 Å². The number of halogens is 4. The van der Waals surface area contributed by atoms with Crippen LogP contribution in [0.2, 0.25) is 0 Å². The standard InChI is InChI=1S/C31H38F4N4O2S/c1-38(16-17-40-2)23-11-9-22(10-12-23)37-27-7-4-8-29-26(27)18-24(39(29)20-31(33,34)35)6-5-15-36-28-14-13-25(42-3)19-30(28)41-21-32/h4,7-8,13-14,18-19,22-23,36-37H,9-12,15-17,20-21H2,1-3H3. The summed E-state index contributed by atoms with van der Waals surface area (Å²) in [6.45, 7) is -0.379. The zero-order valence-electron chi connectivity index (χ0n) is 24.2. The van der Waals surface area contributed by atoms with Crippen LogP contribution in [0.25, 0.3) is 10.9 Å². The van der Waals surface area contributed by atoms with Gasteiger partial charge >= 0.3 is 6.18 Å². The third-order valence-electron chi connectivity index (χ3n) is 7.59. The number of alkyl halides is 4. The third-order valence-corrected chi connectivity index (χ3v) is 8.32. The molecule has 1 saturated carbocycles. The summed E-state index contributed by atoms with van der Waals surface area (Å²) in [5.41, 5.74) is 2.13. The van der Waals surface area contributed by atoms with Crippen LogP contribution in [0.5, 0.6) is 5.75 Å². The predicted molar refractivity (Wildman–Crippen MR) is 162 cm³/mol. The summed E-state index contributed by atoms with van der Waals surface area (Å²) in [6, 6.07) is 13.2. The van der Waals surface area contributed by atoms with Crippen LogP contribution in [0, 0.1) is 11.8 Å². The number of rotatable bonds is 12. The van der Waals surface area contributed by atoms with E-state index in [-0.39, 0.29) is 18.3 Å². The monoisotopic (exact) mass is 606 g/mol. The molecule has 2 N–H and O–H groups in total. The Morgan fingerprint density at radius 3 is 2.57 bits per heavy atom. The van der Waals surface area contributed by atoms with Gasteiger partial charge in [-0.25, -0.2) is 4.39 Å². The maximum absolute atomic E-state index is 13.6. The van der Waals surface area contributed by atoms with E-state index in [0.717, 1.165) is 42.8 Å². The molecule has 3 aromatic rings. The molecule has 0 aliphatic heterocycles.